The highest BCUT2D eigenvalue weighted by Crippen LogP contribution is 2.35. The number of likely N-dealkylation sites (N-methyl/N-ethyl adjacent to an activating group) is 1. The molecule has 0 unspecified atom stereocenters. The molecule has 3 aliphatic heterocycles. The molecule has 9 heteroatoms. The van der Waals surface area contributed by atoms with Crippen molar-refractivity contribution in [2.45, 2.75) is 44.7 Å². The average Bonchev–Trinajstić information content (AvgIpc) is 3.61. The summed E-state index contributed by atoms with van der Waals surface area (Å²) in [7, 11) is 2.18. The molecule has 1 saturated carbocycles. The summed E-state index contributed by atoms with van der Waals surface area (Å²) in [5.41, 5.74) is 3.25. The molecular formula is C27H38N8O. The first-order valence-corrected chi connectivity index (χ1v) is 13.6. The number of hydrogen-bond acceptors (Lipinski definition) is 7. The molecule has 192 valence electrons. The Kier molecular flexibility index (Phi) is 6.67. The van der Waals surface area contributed by atoms with E-state index < -0.39 is 0 Å². The molecule has 1 aliphatic carbocycles. The van der Waals surface area contributed by atoms with Gasteiger partial charge in [0.1, 0.15) is 5.82 Å². The summed E-state index contributed by atoms with van der Waals surface area (Å²) >= 11 is 0. The van der Waals surface area contributed by atoms with Crippen molar-refractivity contribution in [1.82, 2.24) is 25.1 Å². The van der Waals surface area contributed by atoms with Crippen LogP contribution in [0, 0.1) is 5.92 Å². The van der Waals surface area contributed by atoms with E-state index in [-0.39, 0.29) is 12.1 Å². The highest BCUT2D eigenvalue weighted by atomic mass is 16.2. The Morgan fingerprint density at radius 1 is 1.06 bits per heavy atom. The third-order valence-electron chi connectivity index (χ3n) is 8.23. The Hall–Kier alpha value is -2.91. The number of piperazine rings is 1. The van der Waals surface area contributed by atoms with Gasteiger partial charge < -0.3 is 25.3 Å². The van der Waals surface area contributed by atoms with Gasteiger partial charge in [0.2, 0.25) is 5.95 Å². The predicted molar refractivity (Wildman–Crippen MR) is 143 cm³/mol. The molecule has 36 heavy (non-hydrogen) atoms. The quantitative estimate of drug-likeness (QED) is 0.643. The molecule has 6 rings (SSSR count). The lowest BCUT2D eigenvalue weighted by Gasteiger charge is -2.40. The number of carbonyl (C=O) groups excluding carboxylic acids is 1. The summed E-state index contributed by atoms with van der Waals surface area (Å²) in [6.45, 7) is 7.72. The lowest BCUT2D eigenvalue weighted by atomic mass is 10.1. The maximum atomic E-state index is 13.7. The van der Waals surface area contributed by atoms with E-state index in [1.807, 2.05) is 16.0 Å². The fourth-order valence-corrected chi connectivity index (χ4v) is 6.06. The molecule has 0 bridgehead atoms. The minimum Gasteiger partial charge on any atom is -0.369 e. The predicted octanol–water partition coefficient (Wildman–Crippen LogP) is 3.27. The summed E-state index contributed by atoms with van der Waals surface area (Å²) in [5.74, 6) is 1.86. The van der Waals surface area contributed by atoms with Crippen molar-refractivity contribution in [1.29, 1.82) is 0 Å². The van der Waals surface area contributed by atoms with Gasteiger partial charge >= 0.3 is 6.03 Å². The summed E-state index contributed by atoms with van der Waals surface area (Å²) in [5, 5.41) is 6.81. The number of nitrogens with zero attached hydrogens (tertiary/aromatic N) is 6. The van der Waals surface area contributed by atoms with Crippen LogP contribution in [0.2, 0.25) is 0 Å². The van der Waals surface area contributed by atoms with Gasteiger partial charge in [-0.2, -0.15) is 4.98 Å². The number of urea groups is 1. The number of hydrogen-bond donors (Lipinski definition) is 2. The molecule has 4 aliphatic rings. The first-order valence-electron chi connectivity index (χ1n) is 13.6. The van der Waals surface area contributed by atoms with E-state index in [0.717, 1.165) is 82.1 Å². The van der Waals surface area contributed by atoms with E-state index in [4.69, 9.17) is 4.98 Å². The van der Waals surface area contributed by atoms with Gasteiger partial charge in [0.25, 0.3) is 0 Å². The second kappa shape index (κ2) is 10.2. The normalized spacial score (nSPS) is 23.4. The van der Waals surface area contributed by atoms with Gasteiger partial charge in [-0.1, -0.05) is 12.8 Å². The van der Waals surface area contributed by atoms with E-state index in [9.17, 15) is 4.79 Å². The van der Waals surface area contributed by atoms with Crippen LogP contribution < -0.4 is 20.4 Å². The monoisotopic (exact) mass is 490 g/mol. The second-order valence-electron chi connectivity index (χ2n) is 10.8. The topological polar surface area (TPSA) is 79.9 Å². The maximum absolute atomic E-state index is 13.7. The van der Waals surface area contributed by atoms with Crippen LogP contribution in [0.25, 0.3) is 0 Å². The van der Waals surface area contributed by atoms with Crippen molar-refractivity contribution < 1.29 is 4.79 Å². The summed E-state index contributed by atoms with van der Waals surface area (Å²) in [6, 6.07) is 8.85. The van der Waals surface area contributed by atoms with Crippen molar-refractivity contribution in [2.75, 3.05) is 68.0 Å². The second-order valence-corrected chi connectivity index (χ2v) is 10.8. The standard InChI is InChI=1S/C27H38N8O/c1-32-12-14-33(15-13-32)23-8-6-22(7-9-23)30-26-29-17-21-19-34(18-20-10-11-28-16-20)27(36)35(25(21)31-26)24-4-2-3-5-24/h6-9,17,20,24,28H,2-5,10-16,18-19H2,1H3,(H,29,30,31)/t20-/m1/s1. The molecule has 2 saturated heterocycles. The average molecular weight is 491 g/mol. The number of carbonyl (C=O) groups is 1. The molecule has 3 fully saturated rings. The largest absolute Gasteiger partial charge is 0.369 e. The van der Waals surface area contributed by atoms with Gasteiger partial charge in [-0.3, -0.25) is 4.90 Å². The van der Waals surface area contributed by atoms with E-state index in [0.29, 0.717) is 18.4 Å². The van der Waals surface area contributed by atoms with Crippen LogP contribution in [-0.4, -0.2) is 84.7 Å². The summed E-state index contributed by atoms with van der Waals surface area (Å²) in [6.07, 6.45) is 7.48. The Morgan fingerprint density at radius 2 is 1.83 bits per heavy atom. The lowest BCUT2D eigenvalue weighted by molar-refractivity contribution is 0.185. The van der Waals surface area contributed by atoms with Crippen LogP contribution in [0.5, 0.6) is 0 Å². The lowest BCUT2D eigenvalue weighted by Crippen LogP contribution is -2.52. The third-order valence-corrected chi connectivity index (χ3v) is 8.23. The summed E-state index contributed by atoms with van der Waals surface area (Å²) < 4.78 is 0. The summed E-state index contributed by atoms with van der Waals surface area (Å²) in [4.78, 5) is 32.0. The zero-order chi connectivity index (χ0) is 24.5. The van der Waals surface area contributed by atoms with Gasteiger partial charge in [0, 0.05) is 61.9 Å². The number of rotatable bonds is 6. The smallest absolute Gasteiger partial charge is 0.326 e. The Morgan fingerprint density at radius 3 is 2.56 bits per heavy atom. The third kappa shape index (κ3) is 4.86. The first-order chi connectivity index (χ1) is 17.6. The number of aromatic nitrogens is 2. The fraction of sp³-hybridized carbons (Fsp3) is 0.593. The zero-order valence-electron chi connectivity index (χ0n) is 21.3. The van der Waals surface area contributed by atoms with E-state index in [1.165, 1.54) is 18.5 Å². The number of benzene rings is 1. The van der Waals surface area contributed by atoms with Crippen molar-refractivity contribution in [3.8, 4) is 0 Å². The van der Waals surface area contributed by atoms with Gasteiger partial charge in [0.15, 0.2) is 0 Å². The van der Waals surface area contributed by atoms with Gasteiger partial charge in [-0.25, -0.2) is 9.78 Å². The minimum absolute atomic E-state index is 0.113. The van der Waals surface area contributed by atoms with Gasteiger partial charge in [0.05, 0.1) is 6.54 Å². The number of amides is 2. The van der Waals surface area contributed by atoms with E-state index >= 15 is 0 Å². The first kappa shape index (κ1) is 23.5. The fourth-order valence-electron chi connectivity index (χ4n) is 6.06. The molecule has 4 heterocycles. The SMILES string of the molecule is CN1CCN(c2ccc(Nc3ncc4c(n3)N(C3CCCC3)C(=O)N(C[C@@H]3CCNC3)C4)cc2)CC1. The molecule has 1 atom stereocenters. The van der Waals surface area contributed by atoms with Gasteiger partial charge in [-0.15, -0.1) is 0 Å². The maximum Gasteiger partial charge on any atom is 0.326 e. The molecule has 1 aromatic heterocycles. The van der Waals surface area contributed by atoms with Crippen LogP contribution in [0.4, 0.5) is 27.9 Å². The van der Waals surface area contributed by atoms with E-state index in [1.54, 1.807) is 0 Å². The number of fused-ring (bicyclic) bond motifs is 1. The van der Waals surface area contributed by atoms with Crippen molar-refractivity contribution in [3.63, 3.8) is 0 Å². The van der Waals surface area contributed by atoms with Crippen molar-refractivity contribution in [2.24, 2.45) is 5.92 Å². The molecule has 2 amide bonds. The van der Waals surface area contributed by atoms with Crippen LogP contribution in [-0.2, 0) is 6.54 Å². The Labute approximate surface area is 213 Å². The van der Waals surface area contributed by atoms with Crippen LogP contribution in [0.1, 0.15) is 37.7 Å². The molecule has 1 aromatic carbocycles. The van der Waals surface area contributed by atoms with Gasteiger partial charge in [-0.05, 0) is 69.6 Å². The van der Waals surface area contributed by atoms with Crippen molar-refractivity contribution in [3.05, 3.63) is 36.0 Å². The number of anilines is 4. The van der Waals surface area contributed by atoms with Crippen LogP contribution in [0.15, 0.2) is 30.5 Å². The van der Waals surface area contributed by atoms with E-state index in [2.05, 4.69) is 56.7 Å². The molecule has 0 spiro atoms. The zero-order valence-corrected chi connectivity index (χ0v) is 21.3. The Balaban J connectivity index is 1.20. The van der Waals surface area contributed by atoms with Crippen molar-refractivity contribution >= 4 is 29.2 Å². The molecule has 9 nitrogen and oxygen atoms in total. The molecular weight excluding hydrogens is 452 g/mol. The molecule has 0 radical (unpaired) electrons. The molecule has 2 aromatic rings. The number of nitrogens with one attached hydrogen (secondary N) is 2. The van der Waals surface area contributed by atoms with Crippen LogP contribution >= 0.6 is 0 Å². The molecule has 2 N–H and O–H groups in total. The highest BCUT2D eigenvalue weighted by molar-refractivity contribution is 5.94. The highest BCUT2D eigenvalue weighted by Gasteiger charge is 2.38. The van der Waals surface area contributed by atoms with Crippen LogP contribution in [0.3, 0.4) is 0 Å². The Bertz CT molecular complexity index is 1060. The minimum atomic E-state index is 0.113.